The molecule has 6 nitrogen and oxygen atoms in total. The highest BCUT2D eigenvalue weighted by atomic mass is 35.5. The molecule has 2 N–H and O–H groups in total. The molecule has 32 heavy (non-hydrogen) atoms. The molecule has 0 saturated carbocycles. The summed E-state index contributed by atoms with van der Waals surface area (Å²) in [6.07, 6.45) is 4.23. The molecule has 2 aromatic rings. The fourth-order valence-corrected chi connectivity index (χ4v) is 5.17. The van der Waals surface area contributed by atoms with Crippen molar-refractivity contribution < 1.29 is 9.53 Å². The van der Waals surface area contributed by atoms with Crippen molar-refractivity contribution >= 4 is 23.5 Å². The smallest absolute Gasteiger partial charge is 0.232 e. The van der Waals surface area contributed by atoms with Crippen LogP contribution in [-0.2, 0) is 21.5 Å². The van der Waals surface area contributed by atoms with Crippen molar-refractivity contribution in [2.75, 3.05) is 6.61 Å². The number of aliphatic imine (C=N–C) groups is 1. The molecular weight excluding hydrogens is 424 g/mol. The van der Waals surface area contributed by atoms with Gasteiger partial charge in [0.25, 0.3) is 0 Å². The minimum atomic E-state index is -0.809. The molecule has 1 amide bonds. The SMILES string of the molecule is Cc1ccc(Cc2cccc([C@]3(C)CC(=O)N([C@@H]4CCOC(C)(C)C4)C(N)=N3)c2Cl)cn1. The molecule has 4 rings (SSSR count). The summed E-state index contributed by atoms with van der Waals surface area (Å²) in [7, 11) is 0. The van der Waals surface area contributed by atoms with Gasteiger partial charge in [-0.1, -0.05) is 35.9 Å². The molecule has 0 radical (unpaired) electrons. The van der Waals surface area contributed by atoms with Gasteiger partial charge in [-0.2, -0.15) is 0 Å². The van der Waals surface area contributed by atoms with Crippen LogP contribution in [0.5, 0.6) is 0 Å². The number of hydrogen-bond acceptors (Lipinski definition) is 5. The van der Waals surface area contributed by atoms with Crippen molar-refractivity contribution in [3.05, 3.63) is 63.9 Å². The first kappa shape index (κ1) is 22.7. The van der Waals surface area contributed by atoms with E-state index in [1.807, 2.05) is 58.2 Å². The van der Waals surface area contributed by atoms with E-state index >= 15 is 0 Å². The summed E-state index contributed by atoms with van der Waals surface area (Å²) in [4.78, 5) is 24.2. The normalized spacial score (nSPS) is 25.5. The van der Waals surface area contributed by atoms with E-state index in [4.69, 9.17) is 27.1 Å². The standard InChI is InChI=1S/C25H31ClN4O2/c1-16-8-9-17(15-28-16)12-18-6-5-7-20(22(18)26)25(4)14-21(31)30(23(27)29-25)19-10-11-32-24(2,3)13-19/h5-9,15,19H,10-14H2,1-4H3,(H2,27,29)/t19-,25+/m1/s1. The van der Waals surface area contributed by atoms with Crippen molar-refractivity contribution in [1.29, 1.82) is 0 Å². The summed E-state index contributed by atoms with van der Waals surface area (Å²) in [6, 6.07) is 9.95. The van der Waals surface area contributed by atoms with Crippen molar-refractivity contribution in [2.24, 2.45) is 10.7 Å². The number of nitrogens with two attached hydrogens (primary N) is 1. The van der Waals surface area contributed by atoms with Crippen molar-refractivity contribution in [3.8, 4) is 0 Å². The van der Waals surface area contributed by atoms with Crippen molar-refractivity contribution in [1.82, 2.24) is 9.88 Å². The van der Waals surface area contributed by atoms with Crippen LogP contribution in [0.15, 0.2) is 41.5 Å². The van der Waals surface area contributed by atoms with Crippen LogP contribution in [0.3, 0.4) is 0 Å². The number of nitrogens with zero attached hydrogens (tertiary/aromatic N) is 3. The van der Waals surface area contributed by atoms with Gasteiger partial charge in [-0.25, -0.2) is 4.99 Å². The quantitative estimate of drug-likeness (QED) is 0.744. The Labute approximate surface area is 194 Å². The number of carbonyl (C=O) groups excluding carboxylic acids is 1. The molecule has 1 saturated heterocycles. The number of rotatable bonds is 4. The van der Waals surface area contributed by atoms with E-state index in [9.17, 15) is 4.79 Å². The summed E-state index contributed by atoms with van der Waals surface area (Å²) in [5.41, 5.74) is 9.15. The Bertz CT molecular complexity index is 1050. The Balaban J connectivity index is 1.63. The van der Waals surface area contributed by atoms with E-state index in [0.29, 0.717) is 18.1 Å². The maximum absolute atomic E-state index is 13.3. The van der Waals surface area contributed by atoms with E-state index in [1.165, 1.54) is 0 Å². The lowest BCUT2D eigenvalue weighted by Crippen LogP contribution is -2.57. The Kier molecular flexibility index (Phi) is 6.03. The lowest BCUT2D eigenvalue weighted by Gasteiger charge is -2.44. The maximum Gasteiger partial charge on any atom is 0.232 e. The molecule has 7 heteroatoms. The van der Waals surface area contributed by atoms with Crippen LogP contribution in [0.2, 0.25) is 5.02 Å². The molecule has 1 fully saturated rings. The third kappa shape index (κ3) is 4.52. The largest absolute Gasteiger partial charge is 0.375 e. The van der Waals surface area contributed by atoms with Gasteiger partial charge in [-0.05, 0) is 63.3 Å². The van der Waals surface area contributed by atoms with Crippen LogP contribution in [0.1, 0.15) is 62.4 Å². The second-order valence-corrected chi connectivity index (χ2v) is 10.1. The molecule has 1 aromatic heterocycles. The predicted octanol–water partition coefficient (Wildman–Crippen LogP) is 4.35. The number of aromatic nitrogens is 1. The number of carbonyl (C=O) groups is 1. The second kappa shape index (κ2) is 8.49. The van der Waals surface area contributed by atoms with Crippen LogP contribution in [0.4, 0.5) is 0 Å². The number of amides is 1. The van der Waals surface area contributed by atoms with Crippen LogP contribution in [0, 0.1) is 6.92 Å². The van der Waals surface area contributed by atoms with Gasteiger partial charge in [0.15, 0.2) is 5.96 Å². The molecule has 0 spiro atoms. The number of benzene rings is 1. The van der Waals surface area contributed by atoms with Crippen molar-refractivity contribution in [3.63, 3.8) is 0 Å². The molecule has 2 atom stereocenters. The summed E-state index contributed by atoms with van der Waals surface area (Å²) in [5, 5.41) is 0.626. The maximum atomic E-state index is 13.3. The summed E-state index contributed by atoms with van der Waals surface area (Å²) < 4.78 is 5.81. The predicted molar refractivity (Wildman–Crippen MR) is 127 cm³/mol. The zero-order valence-corrected chi connectivity index (χ0v) is 19.9. The van der Waals surface area contributed by atoms with Gasteiger partial charge in [-0.15, -0.1) is 0 Å². The summed E-state index contributed by atoms with van der Waals surface area (Å²) in [6.45, 7) is 8.58. The average molecular weight is 455 g/mol. The topological polar surface area (TPSA) is 80.8 Å². The first-order valence-corrected chi connectivity index (χ1v) is 11.5. The van der Waals surface area contributed by atoms with Gasteiger partial charge in [0, 0.05) is 36.0 Å². The zero-order chi connectivity index (χ0) is 23.1. The monoisotopic (exact) mass is 454 g/mol. The Hall–Kier alpha value is -2.44. The number of guanidine groups is 1. The first-order chi connectivity index (χ1) is 15.1. The van der Waals surface area contributed by atoms with Crippen LogP contribution in [0.25, 0.3) is 0 Å². The molecule has 2 aliphatic rings. The highest BCUT2D eigenvalue weighted by Gasteiger charge is 2.43. The third-order valence-corrected chi connectivity index (χ3v) is 6.88. The van der Waals surface area contributed by atoms with Crippen molar-refractivity contribution in [2.45, 2.75) is 70.6 Å². The van der Waals surface area contributed by atoms with Gasteiger partial charge >= 0.3 is 0 Å². The number of aryl methyl sites for hydroxylation is 1. The summed E-state index contributed by atoms with van der Waals surface area (Å²) >= 11 is 6.86. The zero-order valence-electron chi connectivity index (χ0n) is 19.2. The molecule has 170 valence electrons. The Morgan fingerprint density at radius 3 is 2.69 bits per heavy atom. The van der Waals surface area contributed by atoms with Crippen LogP contribution in [-0.4, -0.2) is 40.0 Å². The van der Waals surface area contributed by atoms with Gasteiger partial charge in [0.2, 0.25) is 5.91 Å². The number of hydrogen-bond donors (Lipinski definition) is 1. The summed E-state index contributed by atoms with van der Waals surface area (Å²) in [5.74, 6) is 0.238. The second-order valence-electron chi connectivity index (χ2n) is 9.70. The number of halogens is 1. The van der Waals surface area contributed by atoms with E-state index in [2.05, 4.69) is 11.1 Å². The fraction of sp³-hybridized carbons (Fsp3) is 0.480. The molecule has 1 aromatic carbocycles. The van der Waals surface area contributed by atoms with Gasteiger partial charge in [0.05, 0.1) is 17.6 Å². The highest BCUT2D eigenvalue weighted by Crippen LogP contribution is 2.40. The lowest BCUT2D eigenvalue weighted by molar-refractivity contribution is -0.136. The van der Waals surface area contributed by atoms with E-state index in [-0.39, 0.29) is 29.9 Å². The van der Waals surface area contributed by atoms with E-state index in [1.54, 1.807) is 4.90 Å². The third-order valence-electron chi connectivity index (χ3n) is 6.43. The minimum Gasteiger partial charge on any atom is -0.375 e. The fourth-order valence-electron chi connectivity index (χ4n) is 4.78. The van der Waals surface area contributed by atoms with Gasteiger partial charge in [0.1, 0.15) is 0 Å². The molecule has 0 unspecified atom stereocenters. The molecular formula is C25H31ClN4O2. The Morgan fingerprint density at radius 1 is 1.25 bits per heavy atom. The number of pyridine rings is 1. The molecule has 0 aliphatic carbocycles. The van der Waals surface area contributed by atoms with Crippen LogP contribution < -0.4 is 5.73 Å². The highest BCUT2D eigenvalue weighted by molar-refractivity contribution is 6.32. The average Bonchev–Trinajstić information content (AvgIpc) is 2.69. The molecule has 3 heterocycles. The molecule has 0 bridgehead atoms. The molecule has 2 aliphatic heterocycles. The Morgan fingerprint density at radius 2 is 2.03 bits per heavy atom. The van der Waals surface area contributed by atoms with Crippen LogP contribution >= 0.6 is 11.6 Å². The number of ether oxygens (including phenoxy) is 1. The van der Waals surface area contributed by atoms with E-state index < -0.39 is 5.54 Å². The lowest BCUT2D eigenvalue weighted by atomic mass is 9.85. The first-order valence-electron chi connectivity index (χ1n) is 11.1. The van der Waals surface area contributed by atoms with Gasteiger partial charge in [-0.3, -0.25) is 14.7 Å². The van der Waals surface area contributed by atoms with E-state index in [0.717, 1.165) is 35.2 Å². The van der Waals surface area contributed by atoms with Gasteiger partial charge < -0.3 is 10.5 Å². The minimum absolute atomic E-state index is 0.00427.